The molecular weight excluding hydrogens is 244 g/mol. The lowest BCUT2D eigenvalue weighted by atomic mass is 10.4. The van der Waals surface area contributed by atoms with Gasteiger partial charge in [0.25, 0.3) is 0 Å². The van der Waals surface area contributed by atoms with Crippen molar-refractivity contribution in [3.8, 4) is 6.01 Å². The van der Waals surface area contributed by atoms with Crippen molar-refractivity contribution in [2.75, 3.05) is 38.3 Å². The van der Waals surface area contributed by atoms with Gasteiger partial charge < -0.3 is 14.4 Å². The molecule has 0 radical (unpaired) electrons. The van der Waals surface area contributed by atoms with Gasteiger partial charge in [-0.25, -0.2) is 0 Å². The molecule has 2 heterocycles. The molecule has 1 fully saturated rings. The molecule has 1 aliphatic rings. The van der Waals surface area contributed by atoms with E-state index in [2.05, 4.69) is 19.9 Å². The summed E-state index contributed by atoms with van der Waals surface area (Å²) in [5, 5.41) is 0.161. The second kappa shape index (κ2) is 5.97. The van der Waals surface area contributed by atoms with Crippen LogP contribution in [0, 0.1) is 0 Å². The summed E-state index contributed by atoms with van der Waals surface area (Å²) < 4.78 is 10.2. The third-order valence-corrected chi connectivity index (χ3v) is 2.65. The first-order valence-electron chi connectivity index (χ1n) is 5.58. The first kappa shape index (κ1) is 12.3. The molecule has 94 valence electrons. The number of rotatable bonds is 5. The van der Waals surface area contributed by atoms with Gasteiger partial charge in [0.1, 0.15) is 6.61 Å². The van der Waals surface area contributed by atoms with E-state index < -0.39 is 0 Å². The summed E-state index contributed by atoms with van der Waals surface area (Å²) >= 11 is 5.84. The molecule has 0 atom stereocenters. The van der Waals surface area contributed by atoms with E-state index >= 15 is 0 Å². The predicted molar refractivity (Wildman–Crippen MR) is 63.7 cm³/mol. The number of halogens is 1. The molecule has 1 aliphatic heterocycles. The van der Waals surface area contributed by atoms with Crippen molar-refractivity contribution in [1.82, 2.24) is 15.0 Å². The van der Waals surface area contributed by atoms with Gasteiger partial charge >= 0.3 is 6.01 Å². The first-order valence-corrected chi connectivity index (χ1v) is 5.95. The van der Waals surface area contributed by atoms with Gasteiger partial charge in [-0.2, -0.15) is 15.0 Å². The second-order valence-electron chi connectivity index (χ2n) is 3.72. The van der Waals surface area contributed by atoms with Gasteiger partial charge in [0, 0.05) is 20.2 Å². The Bertz CT molecular complexity index is 371. The van der Waals surface area contributed by atoms with E-state index in [1.807, 2.05) is 0 Å². The molecule has 0 saturated carbocycles. The number of hydrogen-bond donors (Lipinski definition) is 0. The molecule has 1 saturated heterocycles. The average molecular weight is 259 g/mol. The van der Waals surface area contributed by atoms with Crippen LogP contribution in [-0.2, 0) is 4.74 Å². The summed E-state index contributed by atoms with van der Waals surface area (Å²) in [5.41, 5.74) is 0. The number of ether oxygens (including phenoxy) is 2. The van der Waals surface area contributed by atoms with E-state index in [0.29, 0.717) is 19.2 Å². The Hall–Kier alpha value is -1.14. The molecule has 1 aromatic heterocycles. The van der Waals surface area contributed by atoms with Gasteiger partial charge in [-0.1, -0.05) is 0 Å². The molecule has 0 N–H and O–H groups in total. The number of aromatic nitrogens is 3. The summed E-state index contributed by atoms with van der Waals surface area (Å²) in [6.45, 7) is 2.80. The SMILES string of the molecule is COCCOc1nc(Cl)nc(N2CCCC2)n1. The highest BCUT2D eigenvalue weighted by atomic mass is 35.5. The highest BCUT2D eigenvalue weighted by Gasteiger charge is 2.17. The van der Waals surface area contributed by atoms with Crippen LogP contribution in [0.4, 0.5) is 5.95 Å². The zero-order valence-corrected chi connectivity index (χ0v) is 10.5. The molecule has 7 heteroatoms. The molecule has 0 spiro atoms. The van der Waals surface area contributed by atoms with Crippen LogP contribution < -0.4 is 9.64 Å². The summed E-state index contributed by atoms with van der Waals surface area (Å²) in [6.07, 6.45) is 2.31. The Kier molecular flexibility index (Phi) is 4.33. The van der Waals surface area contributed by atoms with Crippen LogP contribution in [-0.4, -0.2) is 48.4 Å². The maximum Gasteiger partial charge on any atom is 0.322 e. The number of anilines is 1. The van der Waals surface area contributed by atoms with Crippen LogP contribution in [0.5, 0.6) is 6.01 Å². The zero-order valence-electron chi connectivity index (χ0n) is 9.73. The van der Waals surface area contributed by atoms with Crippen molar-refractivity contribution in [2.24, 2.45) is 0 Å². The summed E-state index contributed by atoms with van der Waals surface area (Å²) in [4.78, 5) is 14.3. The summed E-state index contributed by atoms with van der Waals surface area (Å²) in [6, 6.07) is 0.254. The Morgan fingerprint density at radius 1 is 1.18 bits per heavy atom. The van der Waals surface area contributed by atoms with E-state index in [0.717, 1.165) is 25.9 Å². The molecule has 0 amide bonds. The van der Waals surface area contributed by atoms with Gasteiger partial charge in [0.15, 0.2) is 0 Å². The predicted octanol–water partition coefficient (Wildman–Crippen LogP) is 1.15. The number of methoxy groups -OCH3 is 1. The van der Waals surface area contributed by atoms with Crippen molar-refractivity contribution in [3.05, 3.63) is 5.28 Å². The van der Waals surface area contributed by atoms with Crippen LogP contribution >= 0.6 is 11.6 Å². The minimum atomic E-state index is 0.161. The highest BCUT2D eigenvalue weighted by molar-refractivity contribution is 6.28. The third-order valence-electron chi connectivity index (χ3n) is 2.48. The first-order chi connectivity index (χ1) is 8.29. The quantitative estimate of drug-likeness (QED) is 0.739. The monoisotopic (exact) mass is 258 g/mol. The van der Waals surface area contributed by atoms with E-state index in [4.69, 9.17) is 21.1 Å². The molecule has 0 aliphatic carbocycles. The molecule has 2 rings (SSSR count). The Morgan fingerprint density at radius 3 is 2.65 bits per heavy atom. The second-order valence-corrected chi connectivity index (χ2v) is 4.06. The van der Waals surface area contributed by atoms with Crippen LogP contribution in [0.3, 0.4) is 0 Å². The fraction of sp³-hybridized carbons (Fsp3) is 0.700. The molecule has 0 aromatic carbocycles. The van der Waals surface area contributed by atoms with Crippen molar-refractivity contribution in [2.45, 2.75) is 12.8 Å². The fourth-order valence-electron chi connectivity index (χ4n) is 1.66. The molecule has 0 bridgehead atoms. The lowest BCUT2D eigenvalue weighted by molar-refractivity contribution is 0.140. The molecular formula is C10H15ClN4O2. The standard InChI is InChI=1S/C10H15ClN4O2/c1-16-6-7-17-10-13-8(11)12-9(14-10)15-4-2-3-5-15/h2-7H2,1H3. The topological polar surface area (TPSA) is 60.4 Å². The Balaban J connectivity index is 2.05. The smallest absolute Gasteiger partial charge is 0.322 e. The maximum atomic E-state index is 5.84. The molecule has 6 nitrogen and oxygen atoms in total. The van der Waals surface area contributed by atoms with Crippen LogP contribution in [0.1, 0.15) is 12.8 Å². The van der Waals surface area contributed by atoms with Gasteiger partial charge in [-0.15, -0.1) is 0 Å². The van der Waals surface area contributed by atoms with Crippen molar-refractivity contribution in [3.63, 3.8) is 0 Å². The fourth-order valence-corrected chi connectivity index (χ4v) is 1.81. The molecule has 17 heavy (non-hydrogen) atoms. The van der Waals surface area contributed by atoms with Crippen LogP contribution in [0.2, 0.25) is 5.28 Å². The van der Waals surface area contributed by atoms with Crippen molar-refractivity contribution < 1.29 is 9.47 Å². The minimum absolute atomic E-state index is 0.161. The molecule has 1 aromatic rings. The Morgan fingerprint density at radius 2 is 1.94 bits per heavy atom. The normalized spacial score (nSPS) is 15.3. The van der Waals surface area contributed by atoms with Gasteiger partial charge in [-0.05, 0) is 24.4 Å². The van der Waals surface area contributed by atoms with E-state index in [1.54, 1.807) is 7.11 Å². The van der Waals surface area contributed by atoms with E-state index in [-0.39, 0.29) is 11.3 Å². The molecule has 0 unspecified atom stereocenters. The van der Waals surface area contributed by atoms with Gasteiger partial charge in [0.05, 0.1) is 6.61 Å². The van der Waals surface area contributed by atoms with Crippen LogP contribution in [0.25, 0.3) is 0 Å². The van der Waals surface area contributed by atoms with E-state index in [1.165, 1.54) is 0 Å². The summed E-state index contributed by atoms with van der Waals surface area (Å²) in [5.74, 6) is 0.593. The van der Waals surface area contributed by atoms with Gasteiger partial charge in [0.2, 0.25) is 11.2 Å². The van der Waals surface area contributed by atoms with Crippen molar-refractivity contribution >= 4 is 17.5 Å². The lowest BCUT2D eigenvalue weighted by Crippen LogP contribution is -2.21. The zero-order chi connectivity index (χ0) is 12.1. The number of hydrogen-bond acceptors (Lipinski definition) is 6. The lowest BCUT2D eigenvalue weighted by Gasteiger charge is -2.15. The maximum absolute atomic E-state index is 5.84. The Labute approximate surface area is 105 Å². The van der Waals surface area contributed by atoms with E-state index in [9.17, 15) is 0 Å². The highest BCUT2D eigenvalue weighted by Crippen LogP contribution is 2.19. The van der Waals surface area contributed by atoms with Gasteiger partial charge in [-0.3, -0.25) is 0 Å². The largest absolute Gasteiger partial charge is 0.461 e. The van der Waals surface area contributed by atoms with Crippen molar-refractivity contribution in [1.29, 1.82) is 0 Å². The minimum Gasteiger partial charge on any atom is -0.461 e. The summed E-state index contributed by atoms with van der Waals surface area (Å²) in [7, 11) is 1.61. The third kappa shape index (κ3) is 3.41. The number of nitrogens with zero attached hydrogens (tertiary/aromatic N) is 4. The average Bonchev–Trinajstić information content (AvgIpc) is 2.82. The van der Waals surface area contributed by atoms with Crippen LogP contribution in [0.15, 0.2) is 0 Å².